The first-order valence-corrected chi connectivity index (χ1v) is 8.18. The Balaban J connectivity index is 1.82. The highest BCUT2D eigenvalue weighted by molar-refractivity contribution is 6.00. The number of hydrogen-bond acceptors (Lipinski definition) is 5. The molecule has 0 unspecified atom stereocenters. The molecule has 0 amide bonds. The van der Waals surface area contributed by atoms with Crippen molar-refractivity contribution >= 4 is 17.2 Å². The fourth-order valence-corrected chi connectivity index (χ4v) is 3.19. The van der Waals surface area contributed by atoms with Crippen molar-refractivity contribution in [1.29, 1.82) is 10.5 Å². The van der Waals surface area contributed by atoms with Gasteiger partial charge in [-0.1, -0.05) is 12.1 Å². The van der Waals surface area contributed by atoms with E-state index >= 15 is 0 Å². The predicted molar refractivity (Wildman–Crippen MR) is 96.7 cm³/mol. The van der Waals surface area contributed by atoms with E-state index in [1.54, 1.807) is 25.1 Å². The third-order valence-electron chi connectivity index (χ3n) is 4.49. The molecule has 2 aromatic rings. The summed E-state index contributed by atoms with van der Waals surface area (Å²) in [6.45, 7) is 4.52. The molecule has 1 aliphatic heterocycles. The third kappa shape index (κ3) is 3.32. The third-order valence-corrected chi connectivity index (χ3v) is 4.49. The minimum Gasteiger partial charge on any atom is -0.367 e. The van der Waals surface area contributed by atoms with E-state index in [0.29, 0.717) is 16.7 Å². The Kier molecular flexibility index (Phi) is 4.68. The first kappa shape index (κ1) is 16.5. The van der Waals surface area contributed by atoms with E-state index in [-0.39, 0.29) is 5.78 Å². The topological polar surface area (TPSA) is 71.1 Å². The Labute approximate surface area is 147 Å². The van der Waals surface area contributed by atoms with Crippen molar-refractivity contribution in [2.45, 2.75) is 6.92 Å². The molecule has 25 heavy (non-hydrogen) atoms. The zero-order valence-corrected chi connectivity index (χ0v) is 14.1. The molecule has 1 fully saturated rings. The largest absolute Gasteiger partial charge is 0.367 e. The van der Waals surface area contributed by atoms with Crippen LogP contribution in [0.5, 0.6) is 0 Å². The van der Waals surface area contributed by atoms with Gasteiger partial charge >= 0.3 is 0 Å². The Morgan fingerprint density at radius 3 is 2.16 bits per heavy atom. The maximum atomic E-state index is 11.9. The summed E-state index contributed by atoms with van der Waals surface area (Å²) in [6.07, 6.45) is 0. The van der Waals surface area contributed by atoms with Gasteiger partial charge in [0.25, 0.3) is 0 Å². The SMILES string of the molecule is CC(=O)c1ccc(C#N)cc1N1CCN(c2ccccc2C#N)CC1. The van der Waals surface area contributed by atoms with Crippen molar-refractivity contribution < 1.29 is 4.79 Å². The molecule has 0 saturated carbocycles. The van der Waals surface area contributed by atoms with Gasteiger partial charge in [-0.3, -0.25) is 4.79 Å². The highest BCUT2D eigenvalue weighted by Crippen LogP contribution is 2.27. The summed E-state index contributed by atoms with van der Waals surface area (Å²) in [5, 5.41) is 18.4. The molecule has 0 bridgehead atoms. The number of para-hydroxylation sites is 1. The normalized spacial score (nSPS) is 13.9. The van der Waals surface area contributed by atoms with Gasteiger partial charge in [0.2, 0.25) is 0 Å². The van der Waals surface area contributed by atoms with Crippen molar-refractivity contribution in [3.8, 4) is 12.1 Å². The molecule has 0 radical (unpaired) electrons. The lowest BCUT2D eigenvalue weighted by atomic mass is 10.0. The van der Waals surface area contributed by atoms with E-state index in [2.05, 4.69) is 21.9 Å². The summed E-state index contributed by atoms with van der Waals surface area (Å²) in [5.74, 6) is -0.00301. The molecule has 0 N–H and O–H groups in total. The van der Waals surface area contributed by atoms with Gasteiger partial charge in [-0.15, -0.1) is 0 Å². The molecule has 5 heteroatoms. The van der Waals surface area contributed by atoms with E-state index in [4.69, 9.17) is 5.26 Å². The second-order valence-corrected chi connectivity index (χ2v) is 6.00. The van der Waals surface area contributed by atoms with Crippen LogP contribution in [0.1, 0.15) is 28.4 Å². The van der Waals surface area contributed by atoms with Crippen LogP contribution in [0.25, 0.3) is 0 Å². The van der Waals surface area contributed by atoms with Crippen LogP contribution < -0.4 is 9.80 Å². The Hall–Kier alpha value is -3.31. The zero-order valence-electron chi connectivity index (χ0n) is 14.1. The second kappa shape index (κ2) is 7.07. The summed E-state index contributed by atoms with van der Waals surface area (Å²) in [4.78, 5) is 16.3. The Bertz CT molecular complexity index is 883. The van der Waals surface area contributed by atoms with Crippen molar-refractivity contribution in [2.75, 3.05) is 36.0 Å². The number of carbonyl (C=O) groups is 1. The molecule has 0 aliphatic carbocycles. The van der Waals surface area contributed by atoms with Gasteiger partial charge in [-0.05, 0) is 37.3 Å². The lowest BCUT2D eigenvalue weighted by Gasteiger charge is -2.38. The lowest BCUT2D eigenvalue weighted by Crippen LogP contribution is -2.47. The van der Waals surface area contributed by atoms with Crippen LogP contribution in [0, 0.1) is 22.7 Å². The van der Waals surface area contributed by atoms with Crippen LogP contribution in [0.4, 0.5) is 11.4 Å². The molecule has 1 heterocycles. The summed E-state index contributed by atoms with van der Waals surface area (Å²) in [6, 6.07) is 17.2. The number of hydrogen-bond donors (Lipinski definition) is 0. The van der Waals surface area contributed by atoms with Crippen LogP contribution in [-0.2, 0) is 0 Å². The Morgan fingerprint density at radius 1 is 0.920 bits per heavy atom. The molecular weight excluding hydrogens is 312 g/mol. The zero-order chi connectivity index (χ0) is 17.8. The van der Waals surface area contributed by atoms with E-state index in [1.165, 1.54) is 0 Å². The summed E-state index contributed by atoms with van der Waals surface area (Å²) in [7, 11) is 0. The van der Waals surface area contributed by atoms with Gasteiger partial charge < -0.3 is 9.80 Å². The van der Waals surface area contributed by atoms with Gasteiger partial charge in [-0.25, -0.2) is 0 Å². The number of anilines is 2. The van der Waals surface area contributed by atoms with E-state index in [0.717, 1.165) is 37.6 Å². The molecule has 0 spiro atoms. The highest BCUT2D eigenvalue weighted by Gasteiger charge is 2.22. The maximum absolute atomic E-state index is 11.9. The first-order chi connectivity index (χ1) is 12.1. The standard InChI is InChI=1S/C20H18N4O/c1-15(25)18-7-6-16(13-21)12-20(18)24-10-8-23(9-11-24)19-5-3-2-4-17(19)14-22/h2-7,12H,8-11H2,1H3. The fraction of sp³-hybridized carbons (Fsp3) is 0.250. The average molecular weight is 330 g/mol. The minimum absolute atomic E-state index is 0.00301. The number of carbonyl (C=O) groups excluding carboxylic acids is 1. The monoisotopic (exact) mass is 330 g/mol. The van der Waals surface area contributed by atoms with Gasteiger partial charge in [0.15, 0.2) is 5.78 Å². The molecule has 0 atom stereocenters. The highest BCUT2D eigenvalue weighted by atomic mass is 16.1. The predicted octanol–water partition coefficient (Wildman–Crippen LogP) is 2.96. The molecule has 5 nitrogen and oxygen atoms in total. The van der Waals surface area contributed by atoms with Gasteiger partial charge in [0.1, 0.15) is 6.07 Å². The molecule has 0 aromatic heterocycles. The number of benzene rings is 2. The van der Waals surface area contributed by atoms with Crippen LogP contribution in [0.2, 0.25) is 0 Å². The number of piperazine rings is 1. The summed E-state index contributed by atoms with van der Waals surface area (Å²) in [5.41, 5.74) is 3.64. The van der Waals surface area contributed by atoms with E-state index in [1.807, 2.05) is 24.3 Å². The van der Waals surface area contributed by atoms with Crippen molar-refractivity contribution in [2.24, 2.45) is 0 Å². The molecular formula is C20H18N4O. The quantitative estimate of drug-likeness (QED) is 0.809. The van der Waals surface area contributed by atoms with Crippen molar-refractivity contribution in [1.82, 2.24) is 0 Å². The van der Waals surface area contributed by atoms with Gasteiger partial charge in [0, 0.05) is 37.4 Å². The van der Waals surface area contributed by atoms with Crippen molar-refractivity contribution in [3.05, 3.63) is 59.2 Å². The number of nitrogens with zero attached hydrogens (tertiary/aromatic N) is 4. The van der Waals surface area contributed by atoms with E-state index in [9.17, 15) is 10.1 Å². The molecule has 1 aliphatic rings. The number of nitriles is 2. The first-order valence-electron chi connectivity index (χ1n) is 8.18. The van der Waals surface area contributed by atoms with Gasteiger partial charge in [0.05, 0.1) is 22.9 Å². The number of rotatable bonds is 3. The number of ketones is 1. The van der Waals surface area contributed by atoms with E-state index < -0.39 is 0 Å². The lowest BCUT2D eigenvalue weighted by molar-refractivity contribution is 0.101. The van der Waals surface area contributed by atoms with Crippen LogP contribution in [-0.4, -0.2) is 32.0 Å². The Morgan fingerprint density at radius 2 is 1.56 bits per heavy atom. The smallest absolute Gasteiger partial charge is 0.161 e. The number of Topliss-reactive ketones (excluding diaryl/α,β-unsaturated/α-hetero) is 1. The maximum Gasteiger partial charge on any atom is 0.161 e. The van der Waals surface area contributed by atoms with Gasteiger partial charge in [-0.2, -0.15) is 10.5 Å². The molecule has 124 valence electrons. The second-order valence-electron chi connectivity index (χ2n) is 6.00. The minimum atomic E-state index is -0.00301. The van der Waals surface area contributed by atoms with Crippen LogP contribution in [0.3, 0.4) is 0 Å². The molecule has 3 rings (SSSR count). The fourth-order valence-electron chi connectivity index (χ4n) is 3.19. The van der Waals surface area contributed by atoms with Crippen LogP contribution >= 0.6 is 0 Å². The average Bonchev–Trinajstić information content (AvgIpc) is 2.67. The molecule has 2 aromatic carbocycles. The summed E-state index contributed by atoms with van der Waals surface area (Å²) < 4.78 is 0. The van der Waals surface area contributed by atoms with Crippen molar-refractivity contribution in [3.63, 3.8) is 0 Å². The molecule has 1 saturated heterocycles. The summed E-state index contributed by atoms with van der Waals surface area (Å²) >= 11 is 0. The van der Waals surface area contributed by atoms with Crippen LogP contribution in [0.15, 0.2) is 42.5 Å².